The van der Waals surface area contributed by atoms with E-state index < -0.39 is 6.10 Å². The molecule has 0 saturated heterocycles. The summed E-state index contributed by atoms with van der Waals surface area (Å²) in [6.45, 7) is 2.96. The highest BCUT2D eigenvalue weighted by Gasteiger charge is 2.07. The molecule has 0 aliphatic heterocycles. The van der Waals surface area contributed by atoms with Crippen LogP contribution in [0.4, 0.5) is 5.69 Å². The fraction of sp³-hybridized carbons (Fsp3) is 0.583. The number of pyridine rings is 1. The monoisotopic (exact) mass is 240 g/mol. The topological polar surface area (TPSA) is 36.4 Å². The van der Waals surface area contributed by atoms with E-state index in [1.54, 1.807) is 0 Å². The Labute approximate surface area is 102 Å². The van der Waals surface area contributed by atoms with Gasteiger partial charge in [0.15, 0.2) is 0 Å². The van der Waals surface area contributed by atoms with E-state index in [1.165, 1.54) is 0 Å². The first-order valence-electron chi connectivity index (χ1n) is 5.53. The zero-order valence-electron chi connectivity index (χ0n) is 10.2. The van der Waals surface area contributed by atoms with Crippen LogP contribution < -0.4 is 4.90 Å². The molecule has 0 aliphatic rings. The maximum Gasteiger partial charge on any atom is 0.0957 e. The first kappa shape index (κ1) is 13.3. The molecule has 1 atom stereocenters. The summed E-state index contributed by atoms with van der Waals surface area (Å²) in [5.41, 5.74) is 1.85. The van der Waals surface area contributed by atoms with Gasteiger partial charge in [0.05, 0.1) is 23.7 Å². The maximum atomic E-state index is 9.62. The lowest BCUT2D eigenvalue weighted by molar-refractivity contribution is 0.169. The minimum absolute atomic E-state index is 0.439. The van der Waals surface area contributed by atoms with Crippen molar-refractivity contribution in [2.45, 2.75) is 19.4 Å². The lowest BCUT2D eigenvalue weighted by Gasteiger charge is -2.18. The standard InChI is InChI=1S/C12H20N2OS/c1-4-12(15)11-6-5-10(9-13-11)14(2)7-8-16-3/h5-6,9,12,15H,4,7-8H2,1-3H3/t12-/m1/s1. The lowest BCUT2D eigenvalue weighted by atomic mass is 10.2. The number of rotatable bonds is 6. The number of aliphatic hydroxyl groups excluding tert-OH is 1. The molecule has 3 nitrogen and oxygen atoms in total. The van der Waals surface area contributed by atoms with Gasteiger partial charge in [-0.25, -0.2) is 0 Å². The van der Waals surface area contributed by atoms with Crippen molar-refractivity contribution in [1.29, 1.82) is 0 Å². The highest BCUT2D eigenvalue weighted by molar-refractivity contribution is 7.98. The van der Waals surface area contributed by atoms with Gasteiger partial charge in [-0.3, -0.25) is 4.98 Å². The maximum absolute atomic E-state index is 9.62. The Morgan fingerprint density at radius 3 is 2.75 bits per heavy atom. The van der Waals surface area contributed by atoms with Crippen LogP contribution >= 0.6 is 11.8 Å². The van der Waals surface area contributed by atoms with E-state index >= 15 is 0 Å². The van der Waals surface area contributed by atoms with Gasteiger partial charge >= 0.3 is 0 Å². The van der Waals surface area contributed by atoms with Crippen molar-refractivity contribution < 1.29 is 5.11 Å². The summed E-state index contributed by atoms with van der Waals surface area (Å²) in [7, 11) is 2.06. The van der Waals surface area contributed by atoms with Crippen LogP contribution in [0.5, 0.6) is 0 Å². The van der Waals surface area contributed by atoms with Crippen molar-refractivity contribution in [3.05, 3.63) is 24.0 Å². The Morgan fingerprint density at radius 1 is 1.50 bits per heavy atom. The van der Waals surface area contributed by atoms with Crippen molar-refractivity contribution in [1.82, 2.24) is 4.98 Å². The van der Waals surface area contributed by atoms with Crippen LogP contribution in [0.15, 0.2) is 18.3 Å². The molecule has 0 radical (unpaired) electrons. The second-order valence-corrected chi connectivity index (χ2v) is 4.77. The molecular formula is C12H20N2OS. The van der Waals surface area contributed by atoms with E-state index in [0.29, 0.717) is 6.42 Å². The Kier molecular flexibility index (Phi) is 5.63. The average Bonchev–Trinajstić information content (AvgIpc) is 2.35. The molecule has 1 aromatic rings. The van der Waals surface area contributed by atoms with Crippen molar-refractivity contribution in [2.24, 2.45) is 0 Å². The van der Waals surface area contributed by atoms with Crippen LogP contribution in [-0.2, 0) is 0 Å². The van der Waals surface area contributed by atoms with Crippen LogP contribution in [0.1, 0.15) is 25.1 Å². The van der Waals surface area contributed by atoms with Crippen LogP contribution in [0.2, 0.25) is 0 Å². The van der Waals surface area contributed by atoms with Crippen molar-refractivity contribution in [2.75, 3.05) is 30.5 Å². The Morgan fingerprint density at radius 2 is 2.25 bits per heavy atom. The predicted octanol–water partition coefficient (Wildman–Crippen LogP) is 2.32. The molecule has 0 aromatic carbocycles. The summed E-state index contributed by atoms with van der Waals surface area (Å²) < 4.78 is 0. The zero-order chi connectivity index (χ0) is 12.0. The largest absolute Gasteiger partial charge is 0.387 e. The van der Waals surface area contributed by atoms with E-state index in [-0.39, 0.29) is 0 Å². The average molecular weight is 240 g/mol. The molecule has 0 unspecified atom stereocenters. The van der Waals surface area contributed by atoms with E-state index in [2.05, 4.69) is 23.2 Å². The molecule has 0 spiro atoms. The number of anilines is 1. The number of aliphatic hydroxyl groups is 1. The van der Waals surface area contributed by atoms with Crippen LogP contribution in [0.3, 0.4) is 0 Å². The Balaban J connectivity index is 2.63. The molecule has 1 N–H and O–H groups in total. The molecular weight excluding hydrogens is 220 g/mol. The molecule has 4 heteroatoms. The van der Waals surface area contributed by atoms with Gasteiger partial charge < -0.3 is 10.0 Å². The second-order valence-electron chi connectivity index (χ2n) is 3.78. The van der Waals surface area contributed by atoms with Gasteiger partial charge in [-0.15, -0.1) is 0 Å². The molecule has 0 saturated carbocycles. The van der Waals surface area contributed by atoms with Gasteiger partial charge in [-0.1, -0.05) is 6.92 Å². The van der Waals surface area contributed by atoms with E-state index in [1.807, 2.05) is 37.0 Å². The minimum atomic E-state index is -0.439. The zero-order valence-corrected chi connectivity index (χ0v) is 11.0. The minimum Gasteiger partial charge on any atom is -0.387 e. The van der Waals surface area contributed by atoms with Crippen molar-refractivity contribution >= 4 is 17.4 Å². The van der Waals surface area contributed by atoms with Gasteiger partial charge in [0, 0.05) is 19.3 Å². The quantitative estimate of drug-likeness (QED) is 0.828. The Bertz CT molecular complexity index is 302. The first-order chi connectivity index (χ1) is 7.69. The molecule has 1 aromatic heterocycles. The number of hydrogen-bond donors (Lipinski definition) is 1. The number of thioether (sulfide) groups is 1. The molecule has 1 heterocycles. The second kappa shape index (κ2) is 6.76. The summed E-state index contributed by atoms with van der Waals surface area (Å²) in [5.74, 6) is 1.11. The normalized spacial score (nSPS) is 12.5. The van der Waals surface area contributed by atoms with E-state index in [4.69, 9.17) is 0 Å². The van der Waals surface area contributed by atoms with Crippen molar-refractivity contribution in [3.8, 4) is 0 Å². The van der Waals surface area contributed by atoms with Gasteiger partial charge in [-0.05, 0) is 24.8 Å². The third-order valence-electron chi connectivity index (χ3n) is 2.57. The smallest absolute Gasteiger partial charge is 0.0957 e. The van der Waals surface area contributed by atoms with Gasteiger partial charge in [0.2, 0.25) is 0 Å². The summed E-state index contributed by atoms with van der Waals surface area (Å²) in [6.07, 6.45) is 4.20. The predicted molar refractivity (Wildman–Crippen MR) is 71.1 cm³/mol. The highest BCUT2D eigenvalue weighted by Crippen LogP contribution is 2.17. The van der Waals surface area contributed by atoms with Gasteiger partial charge in [0.1, 0.15) is 0 Å². The molecule has 0 fully saturated rings. The van der Waals surface area contributed by atoms with Gasteiger partial charge in [-0.2, -0.15) is 11.8 Å². The fourth-order valence-corrected chi connectivity index (χ4v) is 1.84. The Hall–Kier alpha value is -0.740. The number of aromatic nitrogens is 1. The van der Waals surface area contributed by atoms with Crippen LogP contribution in [-0.4, -0.2) is 35.7 Å². The number of hydrogen-bond acceptors (Lipinski definition) is 4. The molecule has 1 rings (SSSR count). The summed E-state index contributed by atoms with van der Waals surface area (Å²) in [6, 6.07) is 3.92. The van der Waals surface area contributed by atoms with Crippen LogP contribution in [0.25, 0.3) is 0 Å². The third kappa shape index (κ3) is 3.68. The highest BCUT2D eigenvalue weighted by atomic mass is 32.2. The molecule has 0 bridgehead atoms. The molecule has 0 amide bonds. The number of nitrogens with zero attached hydrogens (tertiary/aromatic N) is 2. The summed E-state index contributed by atoms with van der Waals surface area (Å²) in [4.78, 5) is 6.45. The molecule has 90 valence electrons. The summed E-state index contributed by atoms with van der Waals surface area (Å²) >= 11 is 1.83. The van der Waals surface area contributed by atoms with E-state index in [9.17, 15) is 5.11 Å². The third-order valence-corrected chi connectivity index (χ3v) is 3.16. The van der Waals surface area contributed by atoms with Crippen LogP contribution in [0, 0.1) is 0 Å². The van der Waals surface area contributed by atoms with E-state index in [0.717, 1.165) is 23.7 Å². The van der Waals surface area contributed by atoms with Crippen molar-refractivity contribution in [3.63, 3.8) is 0 Å². The van der Waals surface area contributed by atoms with Gasteiger partial charge in [0.25, 0.3) is 0 Å². The fourth-order valence-electron chi connectivity index (χ4n) is 1.39. The lowest BCUT2D eigenvalue weighted by Crippen LogP contribution is -2.20. The summed E-state index contributed by atoms with van der Waals surface area (Å²) in [5, 5.41) is 9.62. The first-order valence-corrected chi connectivity index (χ1v) is 6.92. The SMILES string of the molecule is CC[C@@H](O)c1ccc(N(C)CCSC)cn1. The molecule has 16 heavy (non-hydrogen) atoms. The molecule has 0 aliphatic carbocycles.